The van der Waals surface area contributed by atoms with Crippen LogP contribution in [0.2, 0.25) is 0 Å². The Labute approximate surface area is 461 Å². The van der Waals surface area contributed by atoms with Gasteiger partial charge in [0.1, 0.15) is 36.6 Å². The molecule has 75 heavy (non-hydrogen) atoms. The Balaban J connectivity index is 2.11. The van der Waals surface area contributed by atoms with Crippen molar-refractivity contribution < 1.29 is 53.9 Å². The first kappa shape index (κ1) is 72.4. The molecule has 0 radical (unpaired) electrons. The minimum Gasteiger partial charge on any atom is -0.391 e. The van der Waals surface area contributed by atoms with Crippen LogP contribution < -0.4 is 5.32 Å². The highest BCUT2D eigenvalue weighted by molar-refractivity contribution is 7.47. The zero-order chi connectivity index (χ0) is 54.9. The van der Waals surface area contributed by atoms with Crippen molar-refractivity contribution in [3.8, 4) is 0 Å². The third-order valence-corrected chi connectivity index (χ3v) is 17.2. The molecule has 0 heterocycles. The number of rotatable bonds is 57. The van der Waals surface area contributed by atoms with Crippen LogP contribution in [0.25, 0.3) is 0 Å². The Bertz CT molecular complexity index is 1270. The average Bonchev–Trinajstić information content (AvgIpc) is 3.40. The maximum atomic E-state index is 13.1. The van der Waals surface area contributed by atoms with E-state index in [-0.39, 0.29) is 12.3 Å². The molecule has 1 rings (SSSR count). The van der Waals surface area contributed by atoms with Crippen molar-refractivity contribution in [3.63, 3.8) is 0 Å². The molecule has 448 valence electrons. The van der Waals surface area contributed by atoms with Crippen molar-refractivity contribution in [3.05, 3.63) is 0 Å². The molecule has 9 atom stereocenters. The van der Waals surface area contributed by atoms with Gasteiger partial charge in [-0.05, 0) is 12.8 Å². The van der Waals surface area contributed by atoms with E-state index in [9.17, 15) is 44.9 Å². The van der Waals surface area contributed by atoms with Gasteiger partial charge in [0.05, 0.1) is 18.8 Å². The van der Waals surface area contributed by atoms with E-state index < -0.39 is 63.2 Å². The van der Waals surface area contributed by atoms with E-state index in [1.54, 1.807) is 0 Å². The van der Waals surface area contributed by atoms with E-state index in [1.165, 1.54) is 257 Å². The van der Waals surface area contributed by atoms with E-state index in [1.807, 2.05) is 0 Å². The molecule has 0 aromatic carbocycles. The first-order valence-corrected chi connectivity index (χ1v) is 34.0. The molecule has 0 aliphatic heterocycles. The highest BCUT2D eigenvalue weighted by atomic mass is 31.2. The minimum atomic E-state index is -5.06. The maximum absolute atomic E-state index is 13.1. The first-order valence-electron chi connectivity index (χ1n) is 32.5. The monoisotopic (exact) mass is 1090 g/mol. The Morgan fingerprint density at radius 3 is 0.920 bits per heavy atom. The number of nitrogens with one attached hydrogen (secondary N) is 1. The van der Waals surface area contributed by atoms with Crippen molar-refractivity contribution >= 4 is 13.7 Å². The number of unbranched alkanes of at least 4 members (excludes halogenated alkanes) is 46. The molecule has 1 amide bonds. The number of aliphatic hydroxyl groups excluding tert-OH is 6. The Hall–Kier alpha value is -0.660. The van der Waals surface area contributed by atoms with Gasteiger partial charge < -0.3 is 40.8 Å². The van der Waals surface area contributed by atoms with Crippen molar-refractivity contribution in [2.45, 2.75) is 384 Å². The molecule has 1 fully saturated rings. The molecule has 8 N–H and O–H groups in total. The van der Waals surface area contributed by atoms with Crippen molar-refractivity contribution in [1.82, 2.24) is 5.32 Å². The van der Waals surface area contributed by atoms with Gasteiger partial charge >= 0.3 is 7.82 Å². The number of aliphatic hydroxyl groups is 6. The fourth-order valence-electron chi connectivity index (χ4n) is 11.0. The van der Waals surface area contributed by atoms with Crippen molar-refractivity contribution in [2.24, 2.45) is 0 Å². The lowest BCUT2D eigenvalue weighted by atomic mass is 9.85. The first-order chi connectivity index (χ1) is 36.4. The van der Waals surface area contributed by atoms with Crippen LogP contribution in [0, 0.1) is 0 Å². The van der Waals surface area contributed by atoms with E-state index in [2.05, 4.69) is 19.2 Å². The largest absolute Gasteiger partial charge is 0.472 e. The van der Waals surface area contributed by atoms with Crippen LogP contribution >= 0.6 is 7.82 Å². The summed E-state index contributed by atoms with van der Waals surface area (Å²) in [5.74, 6) is -0.300. The predicted molar refractivity (Wildman–Crippen MR) is 311 cm³/mol. The third-order valence-electron chi connectivity index (χ3n) is 16.2. The topological polar surface area (TPSA) is 206 Å². The molecule has 12 nitrogen and oxygen atoms in total. The van der Waals surface area contributed by atoms with Crippen LogP contribution in [0.3, 0.4) is 0 Å². The predicted octanol–water partition coefficient (Wildman–Crippen LogP) is 15.7. The number of phosphoric ester groups is 1. The second-order valence-electron chi connectivity index (χ2n) is 23.3. The smallest absolute Gasteiger partial charge is 0.391 e. The van der Waals surface area contributed by atoms with Gasteiger partial charge in [-0.1, -0.05) is 316 Å². The van der Waals surface area contributed by atoms with Crippen LogP contribution in [0.5, 0.6) is 0 Å². The molecule has 1 aliphatic rings. The molecule has 1 saturated carbocycles. The summed E-state index contributed by atoms with van der Waals surface area (Å²) in [5.41, 5.74) is 0. The molecular formula is C62H124NO11P. The molecule has 6 unspecified atom stereocenters. The summed E-state index contributed by atoms with van der Waals surface area (Å²) in [6.45, 7) is 3.93. The van der Waals surface area contributed by atoms with E-state index in [4.69, 9.17) is 9.05 Å². The molecule has 0 spiro atoms. The molecule has 0 aromatic heterocycles. The van der Waals surface area contributed by atoms with Crippen LogP contribution in [0.1, 0.15) is 335 Å². The summed E-state index contributed by atoms with van der Waals surface area (Å²) in [7, 11) is -5.06. The van der Waals surface area contributed by atoms with Gasteiger partial charge in [0.15, 0.2) is 0 Å². The second kappa shape index (κ2) is 51.5. The fourth-order valence-corrected chi connectivity index (χ4v) is 11.9. The Kier molecular flexibility index (Phi) is 49.7. The third kappa shape index (κ3) is 41.9. The molecule has 13 heteroatoms. The quantitative estimate of drug-likeness (QED) is 0.0212. The number of phosphoric acid groups is 1. The van der Waals surface area contributed by atoms with Gasteiger partial charge in [0.2, 0.25) is 5.91 Å². The summed E-state index contributed by atoms with van der Waals surface area (Å²) < 4.78 is 23.1. The van der Waals surface area contributed by atoms with Gasteiger partial charge in [-0.3, -0.25) is 13.8 Å². The van der Waals surface area contributed by atoms with Crippen LogP contribution in [-0.4, -0.2) is 96.8 Å². The van der Waals surface area contributed by atoms with Gasteiger partial charge in [0.25, 0.3) is 0 Å². The molecular weight excluding hydrogens is 966 g/mol. The summed E-state index contributed by atoms with van der Waals surface area (Å²) in [4.78, 5) is 23.6. The normalized spacial score (nSPS) is 20.6. The minimum absolute atomic E-state index is 0.243. The number of hydrogen-bond acceptors (Lipinski definition) is 10. The van der Waals surface area contributed by atoms with Crippen molar-refractivity contribution in [1.29, 1.82) is 0 Å². The van der Waals surface area contributed by atoms with Gasteiger partial charge in [-0.15, -0.1) is 0 Å². The number of amides is 1. The van der Waals surface area contributed by atoms with Gasteiger partial charge in [0, 0.05) is 6.42 Å². The maximum Gasteiger partial charge on any atom is 0.472 e. The lowest BCUT2D eigenvalue weighted by Crippen LogP contribution is -2.64. The molecule has 0 aromatic rings. The van der Waals surface area contributed by atoms with Crippen LogP contribution in [0.4, 0.5) is 0 Å². The number of carbonyl (C=O) groups excluding carboxylic acids is 1. The summed E-state index contributed by atoms with van der Waals surface area (Å²) >= 11 is 0. The zero-order valence-corrected chi connectivity index (χ0v) is 49.8. The average molecular weight is 1090 g/mol. The van der Waals surface area contributed by atoms with E-state index in [0.717, 1.165) is 38.5 Å². The second-order valence-corrected chi connectivity index (χ2v) is 24.7. The van der Waals surface area contributed by atoms with Crippen LogP contribution in [-0.2, 0) is 18.4 Å². The SMILES string of the molecule is CCCCCCCCCCCCCCCCCCCCCCCCCCCCCCCCCCCCCCC(=O)N[C@@H](COP(=O)(O)OC1C(O)C(O)C(O)[C@@H](O)C1O)[C@H](O)CCCCCCCCCCCCCC. The highest BCUT2D eigenvalue weighted by Gasteiger charge is 2.51. The lowest BCUT2D eigenvalue weighted by molar-refractivity contribution is -0.220. The van der Waals surface area contributed by atoms with E-state index >= 15 is 0 Å². The molecule has 0 saturated heterocycles. The van der Waals surface area contributed by atoms with Gasteiger partial charge in [-0.2, -0.15) is 0 Å². The molecule has 0 bridgehead atoms. The summed E-state index contributed by atoms with van der Waals surface area (Å²) in [6, 6.07) is -1.03. The Morgan fingerprint density at radius 1 is 0.400 bits per heavy atom. The van der Waals surface area contributed by atoms with Crippen molar-refractivity contribution in [2.75, 3.05) is 6.61 Å². The number of hydrogen-bond donors (Lipinski definition) is 8. The fraction of sp³-hybridized carbons (Fsp3) is 0.984. The number of carbonyl (C=O) groups is 1. The summed E-state index contributed by atoms with van der Waals surface area (Å²) in [6.07, 6.45) is 50.5. The summed E-state index contributed by atoms with van der Waals surface area (Å²) in [5, 5.41) is 64.4. The standard InChI is InChI=1S/C62H124NO11P/c1-3-5-7-9-11-13-15-17-18-19-20-21-22-23-24-25-26-27-28-29-30-31-32-33-34-35-36-37-38-39-40-42-44-46-48-50-52-56(65)63-54(55(64)51-49-47-45-43-41-16-14-12-10-8-6-4-2)53-73-75(71,72)74-62-60(69)58(67)57(66)59(68)61(62)70/h54-55,57-62,64,66-70H,3-53H2,1-2H3,(H,63,65)(H,71,72)/t54-,55+,57?,58+,59?,60?,61?,62?/m0/s1. The zero-order valence-electron chi connectivity index (χ0n) is 48.9. The van der Waals surface area contributed by atoms with Gasteiger partial charge in [-0.25, -0.2) is 4.57 Å². The van der Waals surface area contributed by atoms with Crippen LogP contribution in [0.15, 0.2) is 0 Å². The Morgan fingerprint density at radius 2 is 0.640 bits per heavy atom. The highest BCUT2D eigenvalue weighted by Crippen LogP contribution is 2.47. The lowest BCUT2D eigenvalue weighted by Gasteiger charge is -2.41. The molecule has 1 aliphatic carbocycles. The van der Waals surface area contributed by atoms with E-state index in [0.29, 0.717) is 19.3 Å².